The molecule has 0 saturated heterocycles. The SMILES string of the molecule is COc1cccc(C(C)CO)c1C1CC1. The molecule has 2 nitrogen and oxygen atoms in total. The maximum atomic E-state index is 9.24. The molecule has 1 fully saturated rings. The number of ether oxygens (including phenoxy) is 1. The van der Waals surface area contributed by atoms with Gasteiger partial charge in [-0.3, -0.25) is 0 Å². The van der Waals surface area contributed by atoms with E-state index in [0.717, 1.165) is 5.75 Å². The van der Waals surface area contributed by atoms with Crippen LogP contribution in [0, 0.1) is 0 Å². The summed E-state index contributed by atoms with van der Waals surface area (Å²) in [6.07, 6.45) is 2.51. The van der Waals surface area contributed by atoms with E-state index in [1.54, 1.807) is 7.11 Å². The van der Waals surface area contributed by atoms with Gasteiger partial charge in [0.25, 0.3) is 0 Å². The summed E-state index contributed by atoms with van der Waals surface area (Å²) < 4.78 is 5.40. The van der Waals surface area contributed by atoms with Crippen LogP contribution in [0.3, 0.4) is 0 Å². The van der Waals surface area contributed by atoms with Crippen molar-refractivity contribution in [2.45, 2.75) is 31.6 Å². The Morgan fingerprint density at radius 3 is 2.73 bits per heavy atom. The second-order valence-corrected chi connectivity index (χ2v) is 4.32. The topological polar surface area (TPSA) is 29.5 Å². The molecule has 1 saturated carbocycles. The number of aliphatic hydroxyl groups is 1. The van der Waals surface area contributed by atoms with Gasteiger partial charge < -0.3 is 9.84 Å². The van der Waals surface area contributed by atoms with Gasteiger partial charge in [0.15, 0.2) is 0 Å². The van der Waals surface area contributed by atoms with Gasteiger partial charge in [-0.1, -0.05) is 19.1 Å². The molecule has 1 aliphatic carbocycles. The van der Waals surface area contributed by atoms with Crippen molar-refractivity contribution >= 4 is 0 Å². The van der Waals surface area contributed by atoms with Crippen LogP contribution in [0.25, 0.3) is 0 Å². The third-order valence-corrected chi connectivity index (χ3v) is 3.11. The lowest BCUT2D eigenvalue weighted by molar-refractivity contribution is 0.272. The second-order valence-electron chi connectivity index (χ2n) is 4.32. The zero-order valence-electron chi connectivity index (χ0n) is 9.36. The lowest BCUT2D eigenvalue weighted by Crippen LogP contribution is -2.04. The van der Waals surface area contributed by atoms with E-state index in [9.17, 15) is 5.11 Å². The fourth-order valence-corrected chi connectivity index (χ4v) is 2.08. The number of methoxy groups -OCH3 is 1. The molecular formula is C13H18O2. The smallest absolute Gasteiger partial charge is 0.122 e. The first-order valence-electron chi connectivity index (χ1n) is 5.55. The molecule has 0 aliphatic heterocycles. The average molecular weight is 206 g/mol. The van der Waals surface area contributed by atoms with Gasteiger partial charge in [-0.15, -0.1) is 0 Å². The molecule has 15 heavy (non-hydrogen) atoms. The first-order valence-corrected chi connectivity index (χ1v) is 5.55. The van der Waals surface area contributed by atoms with E-state index in [-0.39, 0.29) is 12.5 Å². The Hall–Kier alpha value is -1.02. The first-order chi connectivity index (χ1) is 7.27. The monoisotopic (exact) mass is 206 g/mol. The van der Waals surface area contributed by atoms with Gasteiger partial charge in [-0.05, 0) is 30.4 Å². The van der Waals surface area contributed by atoms with Gasteiger partial charge in [0.1, 0.15) is 5.75 Å². The Kier molecular flexibility index (Phi) is 2.96. The van der Waals surface area contributed by atoms with Crippen LogP contribution in [0.2, 0.25) is 0 Å². The van der Waals surface area contributed by atoms with E-state index in [0.29, 0.717) is 5.92 Å². The van der Waals surface area contributed by atoms with Crippen molar-refractivity contribution in [2.24, 2.45) is 0 Å². The summed E-state index contributed by atoms with van der Waals surface area (Å²) in [6, 6.07) is 6.13. The summed E-state index contributed by atoms with van der Waals surface area (Å²) in [4.78, 5) is 0. The van der Waals surface area contributed by atoms with Crippen molar-refractivity contribution < 1.29 is 9.84 Å². The lowest BCUT2D eigenvalue weighted by atomic mass is 9.93. The van der Waals surface area contributed by atoms with Crippen molar-refractivity contribution in [3.8, 4) is 5.75 Å². The van der Waals surface area contributed by atoms with Crippen LogP contribution in [0.1, 0.15) is 42.7 Å². The average Bonchev–Trinajstić information content (AvgIpc) is 3.10. The molecule has 1 aliphatic rings. The largest absolute Gasteiger partial charge is 0.496 e. The zero-order chi connectivity index (χ0) is 10.8. The van der Waals surface area contributed by atoms with E-state index in [4.69, 9.17) is 4.74 Å². The van der Waals surface area contributed by atoms with Gasteiger partial charge in [0.2, 0.25) is 0 Å². The summed E-state index contributed by atoms with van der Waals surface area (Å²) in [5, 5.41) is 9.24. The molecule has 82 valence electrons. The van der Waals surface area contributed by atoms with E-state index < -0.39 is 0 Å². The van der Waals surface area contributed by atoms with Crippen LogP contribution in [-0.4, -0.2) is 18.8 Å². The molecule has 1 atom stereocenters. The Bertz CT molecular complexity index is 342. The van der Waals surface area contributed by atoms with Gasteiger partial charge in [-0.25, -0.2) is 0 Å². The summed E-state index contributed by atoms with van der Waals surface area (Å²) in [6.45, 7) is 2.26. The third-order valence-electron chi connectivity index (χ3n) is 3.11. The van der Waals surface area contributed by atoms with E-state index in [1.165, 1.54) is 24.0 Å². The van der Waals surface area contributed by atoms with Crippen LogP contribution >= 0.6 is 0 Å². The molecule has 2 rings (SSSR count). The minimum absolute atomic E-state index is 0.201. The van der Waals surface area contributed by atoms with E-state index in [1.807, 2.05) is 12.1 Å². The predicted molar refractivity (Wildman–Crippen MR) is 60.5 cm³/mol. The van der Waals surface area contributed by atoms with Crippen molar-refractivity contribution in [1.82, 2.24) is 0 Å². The predicted octanol–water partition coefficient (Wildman–Crippen LogP) is 2.67. The number of rotatable bonds is 4. The number of hydrogen-bond donors (Lipinski definition) is 1. The Labute approximate surface area is 90.9 Å². The van der Waals surface area contributed by atoms with Crippen LogP contribution in [-0.2, 0) is 0 Å². The zero-order valence-corrected chi connectivity index (χ0v) is 9.36. The second kappa shape index (κ2) is 4.23. The molecule has 1 aromatic carbocycles. The Balaban J connectivity index is 2.43. The standard InChI is InChI=1S/C13H18O2/c1-9(8-14)11-4-3-5-12(15-2)13(11)10-6-7-10/h3-5,9-10,14H,6-8H2,1-2H3. The fourth-order valence-electron chi connectivity index (χ4n) is 2.08. The van der Waals surface area contributed by atoms with Gasteiger partial charge in [0.05, 0.1) is 7.11 Å². The molecule has 2 heteroatoms. The molecule has 1 aromatic rings. The highest BCUT2D eigenvalue weighted by Gasteiger charge is 2.30. The summed E-state index contributed by atoms with van der Waals surface area (Å²) in [5.41, 5.74) is 2.57. The molecular weight excluding hydrogens is 188 g/mol. The molecule has 0 heterocycles. The van der Waals surface area contributed by atoms with Crippen molar-refractivity contribution in [3.63, 3.8) is 0 Å². The number of benzene rings is 1. The molecule has 0 aromatic heterocycles. The van der Waals surface area contributed by atoms with Crippen LogP contribution in [0.5, 0.6) is 5.75 Å². The van der Waals surface area contributed by atoms with Crippen molar-refractivity contribution in [1.29, 1.82) is 0 Å². The van der Waals surface area contributed by atoms with Crippen LogP contribution in [0.15, 0.2) is 18.2 Å². The summed E-state index contributed by atoms with van der Waals surface area (Å²) in [7, 11) is 1.72. The van der Waals surface area contributed by atoms with E-state index >= 15 is 0 Å². The quantitative estimate of drug-likeness (QED) is 0.820. The summed E-state index contributed by atoms with van der Waals surface area (Å²) >= 11 is 0. The molecule has 1 unspecified atom stereocenters. The lowest BCUT2D eigenvalue weighted by Gasteiger charge is -2.17. The van der Waals surface area contributed by atoms with Crippen molar-refractivity contribution in [2.75, 3.05) is 13.7 Å². The number of aliphatic hydroxyl groups excluding tert-OH is 1. The maximum Gasteiger partial charge on any atom is 0.122 e. The molecule has 1 N–H and O–H groups in total. The molecule has 0 bridgehead atoms. The molecule has 0 radical (unpaired) electrons. The number of hydrogen-bond acceptors (Lipinski definition) is 2. The van der Waals surface area contributed by atoms with Crippen molar-refractivity contribution in [3.05, 3.63) is 29.3 Å². The normalized spacial score (nSPS) is 17.5. The van der Waals surface area contributed by atoms with Gasteiger partial charge in [-0.2, -0.15) is 0 Å². The Morgan fingerprint density at radius 2 is 2.20 bits per heavy atom. The Morgan fingerprint density at radius 1 is 1.47 bits per heavy atom. The van der Waals surface area contributed by atoms with Gasteiger partial charge in [0, 0.05) is 18.1 Å². The highest BCUT2D eigenvalue weighted by molar-refractivity contribution is 5.46. The van der Waals surface area contributed by atoms with Gasteiger partial charge >= 0.3 is 0 Å². The minimum Gasteiger partial charge on any atom is -0.496 e. The minimum atomic E-state index is 0.201. The summed E-state index contributed by atoms with van der Waals surface area (Å²) in [5.74, 6) is 1.84. The van der Waals surface area contributed by atoms with Crippen LogP contribution in [0.4, 0.5) is 0 Å². The highest BCUT2D eigenvalue weighted by atomic mass is 16.5. The first kappa shape index (κ1) is 10.5. The third kappa shape index (κ3) is 2.00. The highest BCUT2D eigenvalue weighted by Crippen LogP contribution is 2.47. The van der Waals surface area contributed by atoms with Crippen LogP contribution < -0.4 is 4.74 Å². The van der Waals surface area contributed by atoms with E-state index in [2.05, 4.69) is 13.0 Å². The fraction of sp³-hybridized carbons (Fsp3) is 0.538. The molecule has 0 spiro atoms. The maximum absolute atomic E-state index is 9.24. The molecule has 0 amide bonds.